The average molecular weight is 956 g/mol. The van der Waals surface area contributed by atoms with Crippen LogP contribution in [0.25, 0.3) is 0 Å². The van der Waals surface area contributed by atoms with Gasteiger partial charge < -0.3 is 20.1 Å². The highest BCUT2D eigenvalue weighted by Crippen LogP contribution is 2.43. The number of aliphatic hydroxyl groups excluding tert-OH is 1. The fourth-order valence-electron chi connectivity index (χ4n) is 8.62. The fourth-order valence-corrected chi connectivity index (χ4v) is 9.37. The van der Waals surface area contributed by atoms with Gasteiger partial charge in [0.05, 0.1) is 13.2 Å². The molecule has 0 rings (SSSR count). The summed E-state index contributed by atoms with van der Waals surface area (Å²) in [5, 5.41) is 12.8. The van der Waals surface area contributed by atoms with Gasteiger partial charge in [0, 0.05) is 19.4 Å². The van der Waals surface area contributed by atoms with E-state index in [1.807, 2.05) is 0 Å². The fraction of sp³-hybridized carbons (Fsp3) is 0.929. The predicted molar refractivity (Wildman–Crippen MR) is 280 cm³/mol. The lowest BCUT2D eigenvalue weighted by Crippen LogP contribution is -2.27. The molecule has 0 aliphatic carbocycles. The number of ether oxygens (including phenoxy) is 1. The van der Waals surface area contributed by atoms with E-state index in [-0.39, 0.29) is 25.7 Å². The lowest BCUT2D eigenvalue weighted by Gasteiger charge is -2.15. The van der Waals surface area contributed by atoms with Crippen molar-refractivity contribution in [3.8, 4) is 0 Å². The Morgan fingerprint density at radius 1 is 0.455 bits per heavy atom. The van der Waals surface area contributed by atoms with E-state index in [1.54, 1.807) is 0 Å². The standard InChI is InChI=1S/C56H110NO8P/c1-3-5-7-9-11-13-15-17-19-21-23-25-27-28-30-32-34-36-38-40-42-44-46-48-55(59)57-50-51-64-66(61,62)65-53-54(58)52-63-56(60)49-47-45-43-41-39-37-35-33-31-29-26-24-22-20-18-16-14-12-10-8-6-4-2/h17,19,54,58H,3-16,18,20-53H2,1-2H3,(H,57,59)(H,61,62)/b19-17+. The molecule has 0 aliphatic rings. The molecule has 1 amide bonds. The lowest BCUT2D eigenvalue weighted by molar-refractivity contribution is -0.147. The molecule has 10 heteroatoms. The van der Waals surface area contributed by atoms with Crippen molar-refractivity contribution in [1.82, 2.24) is 5.32 Å². The number of carbonyl (C=O) groups excluding carboxylic acids is 2. The van der Waals surface area contributed by atoms with Crippen molar-refractivity contribution in [3.63, 3.8) is 0 Å². The first-order chi connectivity index (χ1) is 32.3. The zero-order valence-electron chi connectivity index (χ0n) is 43.7. The van der Waals surface area contributed by atoms with Gasteiger partial charge in [-0.05, 0) is 38.5 Å². The molecule has 0 spiro atoms. The van der Waals surface area contributed by atoms with E-state index in [9.17, 15) is 24.2 Å². The van der Waals surface area contributed by atoms with Crippen LogP contribution in [0.3, 0.4) is 0 Å². The van der Waals surface area contributed by atoms with Crippen molar-refractivity contribution >= 4 is 19.7 Å². The molecule has 0 heterocycles. The van der Waals surface area contributed by atoms with Gasteiger partial charge in [-0.1, -0.05) is 264 Å². The van der Waals surface area contributed by atoms with Gasteiger partial charge in [0.25, 0.3) is 0 Å². The Bertz CT molecular complexity index is 1090. The predicted octanol–water partition coefficient (Wildman–Crippen LogP) is 17.3. The van der Waals surface area contributed by atoms with E-state index in [1.165, 1.54) is 238 Å². The number of amides is 1. The van der Waals surface area contributed by atoms with Gasteiger partial charge in [0.2, 0.25) is 5.91 Å². The van der Waals surface area contributed by atoms with E-state index in [0.29, 0.717) is 12.8 Å². The number of unbranched alkanes of at least 4 members (excludes halogenated alkanes) is 40. The third-order valence-electron chi connectivity index (χ3n) is 12.9. The molecule has 0 saturated heterocycles. The maximum atomic E-state index is 12.2. The van der Waals surface area contributed by atoms with Crippen molar-refractivity contribution in [3.05, 3.63) is 12.2 Å². The van der Waals surface area contributed by atoms with Gasteiger partial charge in [-0.15, -0.1) is 0 Å². The number of allylic oxidation sites excluding steroid dienone is 2. The highest BCUT2D eigenvalue weighted by Gasteiger charge is 2.23. The van der Waals surface area contributed by atoms with E-state index in [0.717, 1.165) is 38.5 Å². The summed E-state index contributed by atoms with van der Waals surface area (Å²) in [6.45, 7) is 3.63. The Labute approximate surface area is 408 Å². The summed E-state index contributed by atoms with van der Waals surface area (Å²) in [7, 11) is -4.42. The third-order valence-corrected chi connectivity index (χ3v) is 13.9. The molecular weight excluding hydrogens is 846 g/mol. The molecule has 0 aliphatic heterocycles. The van der Waals surface area contributed by atoms with E-state index >= 15 is 0 Å². The molecule has 0 saturated carbocycles. The Balaban J connectivity index is 3.48. The molecule has 2 unspecified atom stereocenters. The van der Waals surface area contributed by atoms with Crippen molar-refractivity contribution in [2.24, 2.45) is 0 Å². The summed E-state index contributed by atoms with van der Waals surface area (Å²) in [5.41, 5.74) is 0. The number of phosphoric acid groups is 1. The number of aliphatic hydroxyl groups is 1. The van der Waals surface area contributed by atoms with E-state index in [4.69, 9.17) is 13.8 Å². The molecule has 3 N–H and O–H groups in total. The largest absolute Gasteiger partial charge is 0.472 e. The molecule has 0 fully saturated rings. The topological polar surface area (TPSA) is 131 Å². The van der Waals surface area contributed by atoms with Gasteiger partial charge in [-0.3, -0.25) is 18.6 Å². The smallest absolute Gasteiger partial charge is 0.463 e. The van der Waals surface area contributed by atoms with Gasteiger partial charge in [0.15, 0.2) is 0 Å². The number of carbonyl (C=O) groups is 2. The van der Waals surface area contributed by atoms with Crippen LogP contribution in [0.2, 0.25) is 0 Å². The Morgan fingerprint density at radius 2 is 0.773 bits per heavy atom. The van der Waals surface area contributed by atoms with E-state index < -0.39 is 26.5 Å². The molecule has 9 nitrogen and oxygen atoms in total. The summed E-state index contributed by atoms with van der Waals surface area (Å²) >= 11 is 0. The summed E-state index contributed by atoms with van der Waals surface area (Å²) in [6.07, 6.45) is 60.2. The summed E-state index contributed by atoms with van der Waals surface area (Å²) in [4.78, 5) is 34.2. The van der Waals surface area contributed by atoms with Crippen LogP contribution in [0, 0.1) is 0 Å². The van der Waals surface area contributed by atoms with Gasteiger partial charge in [-0.25, -0.2) is 4.57 Å². The molecule has 392 valence electrons. The zero-order chi connectivity index (χ0) is 48.1. The number of esters is 1. The molecule has 0 aromatic carbocycles. The zero-order valence-corrected chi connectivity index (χ0v) is 44.6. The van der Waals surface area contributed by atoms with Gasteiger partial charge in [0.1, 0.15) is 12.7 Å². The molecule has 2 atom stereocenters. The maximum absolute atomic E-state index is 12.2. The number of phosphoric ester groups is 1. The highest BCUT2D eigenvalue weighted by molar-refractivity contribution is 7.47. The quantitative estimate of drug-likeness (QED) is 0.0238. The second-order valence-electron chi connectivity index (χ2n) is 19.6. The van der Waals surface area contributed by atoms with Crippen LogP contribution >= 0.6 is 7.82 Å². The SMILES string of the molecule is CCCCCCCC/C=C/CCCCCCCCCCCCCCCC(=O)NCCOP(=O)(O)OCC(O)COC(=O)CCCCCCCCCCCCCCCCCCCCCCCC. The van der Waals surface area contributed by atoms with Crippen LogP contribution in [0.5, 0.6) is 0 Å². The first kappa shape index (κ1) is 64.8. The number of rotatable bonds is 55. The minimum atomic E-state index is -4.42. The maximum Gasteiger partial charge on any atom is 0.472 e. The number of hydrogen-bond acceptors (Lipinski definition) is 7. The number of hydrogen-bond donors (Lipinski definition) is 3. The van der Waals surface area contributed by atoms with Gasteiger partial charge in [-0.2, -0.15) is 0 Å². The molecule has 0 aromatic heterocycles. The van der Waals surface area contributed by atoms with Crippen LogP contribution < -0.4 is 5.32 Å². The summed E-state index contributed by atoms with van der Waals surface area (Å²) < 4.78 is 27.1. The second-order valence-corrected chi connectivity index (χ2v) is 21.1. The minimum absolute atomic E-state index is 0.0865. The van der Waals surface area contributed by atoms with Crippen molar-refractivity contribution in [2.45, 2.75) is 309 Å². The van der Waals surface area contributed by atoms with Crippen molar-refractivity contribution in [1.29, 1.82) is 0 Å². The first-order valence-electron chi connectivity index (χ1n) is 28.7. The monoisotopic (exact) mass is 956 g/mol. The Hall–Kier alpha value is -1.25. The van der Waals surface area contributed by atoms with Crippen LogP contribution in [0.1, 0.15) is 303 Å². The average Bonchev–Trinajstić information content (AvgIpc) is 3.31. The second kappa shape index (κ2) is 53.1. The van der Waals surface area contributed by atoms with Gasteiger partial charge >= 0.3 is 13.8 Å². The first-order valence-corrected chi connectivity index (χ1v) is 30.2. The molecule has 0 radical (unpaired) electrons. The van der Waals surface area contributed by atoms with Crippen molar-refractivity contribution in [2.75, 3.05) is 26.4 Å². The van der Waals surface area contributed by atoms with Crippen LogP contribution in [0.15, 0.2) is 12.2 Å². The molecule has 66 heavy (non-hydrogen) atoms. The summed E-state index contributed by atoms with van der Waals surface area (Å²) in [5.74, 6) is -0.499. The molecular formula is C56H110NO8P. The van der Waals surface area contributed by atoms with Crippen LogP contribution in [0.4, 0.5) is 0 Å². The Kier molecular flexibility index (Phi) is 52.1. The van der Waals surface area contributed by atoms with Crippen LogP contribution in [-0.4, -0.2) is 54.3 Å². The van der Waals surface area contributed by atoms with E-state index in [2.05, 4.69) is 31.3 Å². The summed E-state index contributed by atoms with van der Waals surface area (Å²) in [6, 6.07) is 0. The number of nitrogens with one attached hydrogen (secondary N) is 1. The molecule has 0 aromatic rings. The molecule has 0 bridgehead atoms. The van der Waals surface area contributed by atoms with Crippen molar-refractivity contribution < 1.29 is 37.9 Å². The normalized spacial score (nSPS) is 13.1. The Morgan fingerprint density at radius 3 is 1.14 bits per heavy atom. The minimum Gasteiger partial charge on any atom is -0.463 e. The highest BCUT2D eigenvalue weighted by atomic mass is 31.2. The third kappa shape index (κ3) is 53.7. The van der Waals surface area contributed by atoms with Crippen LogP contribution in [-0.2, 0) is 27.9 Å². The lowest BCUT2D eigenvalue weighted by atomic mass is 10.0.